The molecule has 0 saturated heterocycles. The fourth-order valence-corrected chi connectivity index (χ4v) is 2.16. The highest BCUT2D eigenvalue weighted by atomic mass is 16.5. The second-order valence-corrected chi connectivity index (χ2v) is 4.68. The first-order valence-electron chi connectivity index (χ1n) is 7.18. The molecule has 0 bridgehead atoms. The molecular weight excluding hydrogens is 264 g/mol. The molecule has 1 aromatic heterocycles. The molecule has 110 valence electrons. The number of carbonyl (C=O) groups is 1. The molecule has 2 aromatic rings. The Morgan fingerprint density at radius 2 is 1.86 bits per heavy atom. The maximum atomic E-state index is 12.1. The first kappa shape index (κ1) is 15.0. The highest BCUT2D eigenvalue weighted by molar-refractivity contribution is 5.93. The Hall–Kier alpha value is -2.36. The molecule has 2 rings (SSSR count). The zero-order chi connectivity index (χ0) is 15.1. The summed E-state index contributed by atoms with van der Waals surface area (Å²) < 4.78 is 5.41. The summed E-state index contributed by atoms with van der Waals surface area (Å²) in [6, 6.07) is 9.65. The minimum Gasteiger partial charge on any atom is -0.482 e. The summed E-state index contributed by atoms with van der Waals surface area (Å²) in [4.78, 5) is 16.0. The van der Waals surface area contributed by atoms with Crippen LogP contribution in [0, 0.1) is 0 Å². The van der Waals surface area contributed by atoms with Crippen molar-refractivity contribution in [2.75, 3.05) is 11.9 Å². The Bertz CT molecular complexity index is 575. The van der Waals surface area contributed by atoms with Gasteiger partial charge in [-0.3, -0.25) is 9.78 Å². The second kappa shape index (κ2) is 7.43. The van der Waals surface area contributed by atoms with Crippen molar-refractivity contribution in [1.82, 2.24) is 4.98 Å². The lowest BCUT2D eigenvalue weighted by atomic mass is 10.0. The third-order valence-electron chi connectivity index (χ3n) is 3.27. The smallest absolute Gasteiger partial charge is 0.262 e. The van der Waals surface area contributed by atoms with E-state index >= 15 is 0 Å². The highest BCUT2D eigenvalue weighted by Gasteiger charge is 2.10. The van der Waals surface area contributed by atoms with Gasteiger partial charge >= 0.3 is 0 Å². The highest BCUT2D eigenvalue weighted by Crippen LogP contribution is 2.22. The van der Waals surface area contributed by atoms with E-state index in [-0.39, 0.29) is 12.5 Å². The number of ether oxygens (including phenoxy) is 1. The maximum absolute atomic E-state index is 12.1. The Morgan fingerprint density at radius 3 is 2.43 bits per heavy atom. The van der Waals surface area contributed by atoms with E-state index in [1.807, 2.05) is 18.2 Å². The molecule has 1 heterocycles. The van der Waals surface area contributed by atoms with Crippen LogP contribution in [0.5, 0.6) is 5.75 Å². The van der Waals surface area contributed by atoms with Crippen LogP contribution in [-0.2, 0) is 17.6 Å². The van der Waals surface area contributed by atoms with E-state index in [0.29, 0.717) is 5.75 Å². The van der Waals surface area contributed by atoms with Gasteiger partial charge < -0.3 is 10.1 Å². The van der Waals surface area contributed by atoms with Gasteiger partial charge in [-0.15, -0.1) is 0 Å². The molecule has 0 aliphatic carbocycles. The van der Waals surface area contributed by atoms with Crippen molar-refractivity contribution in [2.45, 2.75) is 26.7 Å². The predicted molar refractivity (Wildman–Crippen MR) is 83.6 cm³/mol. The van der Waals surface area contributed by atoms with Gasteiger partial charge in [-0.1, -0.05) is 32.0 Å². The lowest BCUT2D eigenvalue weighted by Crippen LogP contribution is -2.21. The van der Waals surface area contributed by atoms with Gasteiger partial charge in [0.2, 0.25) is 0 Å². The number of amides is 1. The van der Waals surface area contributed by atoms with Crippen LogP contribution in [0.15, 0.2) is 42.7 Å². The molecule has 0 atom stereocenters. The van der Waals surface area contributed by atoms with Gasteiger partial charge in [0.25, 0.3) is 5.91 Å². The lowest BCUT2D eigenvalue weighted by molar-refractivity contribution is -0.118. The number of para-hydroxylation sites is 1. The third kappa shape index (κ3) is 4.05. The molecule has 21 heavy (non-hydrogen) atoms. The molecule has 0 spiro atoms. The number of aromatic nitrogens is 1. The van der Waals surface area contributed by atoms with E-state index in [4.69, 9.17) is 4.74 Å². The zero-order valence-electron chi connectivity index (χ0n) is 12.4. The predicted octanol–water partition coefficient (Wildman–Crippen LogP) is 3.22. The number of pyridine rings is 1. The quantitative estimate of drug-likeness (QED) is 0.886. The van der Waals surface area contributed by atoms with Crippen molar-refractivity contribution in [3.63, 3.8) is 0 Å². The largest absolute Gasteiger partial charge is 0.482 e. The third-order valence-corrected chi connectivity index (χ3v) is 3.27. The van der Waals surface area contributed by atoms with Crippen LogP contribution < -0.4 is 10.1 Å². The van der Waals surface area contributed by atoms with Crippen LogP contribution in [0.4, 0.5) is 5.69 Å². The Labute approximate surface area is 125 Å². The summed E-state index contributed by atoms with van der Waals surface area (Å²) in [6.45, 7) is 4.14. The van der Waals surface area contributed by atoms with Gasteiger partial charge in [0.15, 0.2) is 6.61 Å². The van der Waals surface area contributed by atoms with Gasteiger partial charge in [-0.2, -0.15) is 0 Å². The van der Waals surface area contributed by atoms with Crippen molar-refractivity contribution >= 4 is 11.6 Å². The van der Waals surface area contributed by atoms with E-state index in [1.54, 1.807) is 24.5 Å². The normalized spacial score (nSPS) is 10.2. The second-order valence-electron chi connectivity index (χ2n) is 4.68. The summed E-state index contributed by atoms with van der Waals surface area (Å²) in [5.41, 5.74) is 3.20. The number of aryl methyl sites for hydroxylation is 2. The van der Waals surface area contributed by atoms with Crippen LogP contribution in [0.2, 0.25) is 0 Å². The minimum absolute atomic E-state index is 0.0209. The van der Waals surface area contributed by atoms with Crippen molar-refractivity contribution in [2.24, 2.45) is 0 Å². The molecule has 4 heteroatoms. The summed E-state index contributed by atoms with van der Waals surface area (Å²) in [5, 5.41) is 2.97. The van der Waals surface area contributed by atoms with E-state index in [1.165, 1.54) is 0 Å². The Morgan fingerprint density at radius 1 is 1.14 bits per heavy atom. The molecular formula is C17H20N2O2. The van der Waals surface area contributed by atoms with Crippen molar-refractivity contribution in [3.8, 4) is 5.75 Å². The molecule has 1 amide bonds. The summed E-state index contributed by atoms with van der Waals surface area (Å²) in [7, 11) is 0. The average Bonchev–Trinajstić information content (AvgIpc) is 2.54. The number of rotatable bonds is 6. The molecule has 4 nitrogen and oxygen atoms in total. The minimum atomic E-state index is -0.158. The Kier molecular flexibility index (Phi) is 5.32. The van der Waals surface area contributed by atoms with Crippen molar-refractivity contribution < 1.29 is 9.53 Å². The van der Waals surface area contributed by atoms with Crippen LogP contribution in [-0.4, -0.2) is 17.5 Å². The van der Waals surface area contributed by atoms with Gasteiger partial charge in [0.05, 0.1) is 6.20 Å². The fraction of sp³-hybridized carbons (Fsp3) is 0.294. The monoisotopic (exact) mass is 284 g/mol. The topological polar surface area (TPSA) is 51.2 Å². The number of nitrogens with zero attached hydrogens (tertiary/aromatic N) is 1. The number of nitrogens with one attached hydrogen (secondary N) is 1. The molecule has 0 aliphatic rings. The van der Waals surface area contributed by atoms with Crippen LogP contribution in [0.1, 0.15) is 25.0 Å². The maximum Gasteiger partial charge on any atom is 0.262 e. The van der Waals surface area contributed by atoms with Gasteiger partial charge in [0, 0.05) is 11.9 Å². The summed E-state index contributed by atoms with van der Waals surface area (Å²) in [6.07, 6.45) is 5.02. The van der Waals surface area contributed by atoms with E-state index in [0.717, 1.165) is 29.7 Å². The number of hydrogen-bond acceptors (Lipinski definition) is 3. The van der Waals surface area contributed by atoms with Gasteiger partial charge in [0.1, 0.15) is 5.75 Å². The first-order valence-corrected chi connectivity index (χ1v) is 7.18. The van der Waals surface area contributed by atoms with Crippen molar-refractivity contribution in [1.29, 1.82) is 0 Å². The first-order chi connectivity index (χ1) is 10.2. The fourth-order valence-electron chi connectivity index (χ4n) is 2.16. The SMILES string of the molecule is CCc1cccc(CC)c1NC(=O)COc1cccnc1. The molecule has 0 fully saturated rings. The number of anilines is 1. The van der Waals surface area contributed by atoms with Crippen LogP contribution >= 0.6 is 0 Å². The van der Waals surface area contributed by atoms with Gasteiger partial charge in [-0.05, 0) is 36.1 Å². The molecule has 0 saturated carbocycles. The number of carbonyl (C=O) groups excluding carboxylic acids is 1. The molecule has 0 unspecified atom stereocenters. The standard InChI is InChI=1S/C17H20N2O2/c1-3-13-7-5-8-14(4-2)17(13)19-16(20)12-21-15-9-6-10-18-11-15/h5-11H,3-4,12H2,1-2H3,(H,19,20). The number of benzene rings is 1. The summed E-state index contributed by atoms with van der Waals surface area (Å²) >= 11 is 0. The molecule has 1 N–H and O–H groups in total. The Balaban J connectivity index is 2.02. The number of hydrogen-bond donors (Lipinski definition) is 1. The van der Waals surface area contributed by atoms with Gasteiger partial charge in [-0.25, -0.2) is 0 Å². The summed E-state index contributed by atoms with van der Waals surface area (Å²) in [5.74, 6) is 0.432. The average molecular weight is 284 g/mol. The molecule has 0 radical (unpaired) electrons. The van der Waals surface area contributed by atoms with E-state index in [9.17, 15) is 4.79 Å². The van der Waals surface area contributed by atoms with E-state index in [2.05, 4.69) is 24.1 Å². The van der Waals surface area contributed by atoms with Crippen LogP contribution in [0.25, 0.3) is 0 Å². The zero-order valence-corrected chi connectivity index (χ0v) is 12.4. The van der Waals surface area contributed by atoms with Crippen molar-refractivity contribution in [3.05, 3.63) is 53.9 Å². The molecule has 1 aromatic carbocycles. The lowest BCUT2D eigenvalue weighted by Gasteiger charge is -2.14. The molecule has 0 aliphatic heterocycles. The van der Waals surface area contributed by atoms with Crippen LogP contribution in [0.3, 0.4) is 0 Å². The van der Waals surface area contributed by atoms with E-state index < -0.39 is 0 Å².